The van der Waals surface area contributed by atoms with Gasteiger partial charge in [0, 0.05) is 0 Å². The average molecular weight is 313 g/mol. The minimum atomic E-state index is -4.34. The lowest BCUT2D eigenvalue weighted by Crippen LogP contribution is -2.09. The van der Waals surface area contributed by atoms with Crippen LogP contribution in [0.3, 0.4) is 0 Å². The Labute approximate surface area is 115 Å². The normalized spacial score (nSPS) is 14.6. The van der Waals surface area contributed by atoms with Crippen LogP contribution in [-0.2, 0) is 9.13 Å². The summed E-state index contributed by atoms with van der Waals surface area (Å²) in [7, 11) is -8.38. The Bertz CT molecular complexity index is 677. The average Bonchev–Trinajstić information content (AvgIpc) is 2.39. The second-order valence-corrected chi connectivity index (χ2v) is 7.25. The molecule has 1 radical (unpaired) electrons. The lowest BCUT2D eigenvalue weighted by Gasteiger charge is -2.13. The van der Waals surface area contributed by atoms with Crippen molar-refractivity contribution in [3.8, 4) is 5.75 Å². The molecule has 6 nitrogen and oxygen atoms in total. The molecule has 2 aromatic rings. The number of rotatable bonds is 4. The van der Waals surface area contributed by atoms with Crippen LogP contribution in [0.2, 0.25) is 0 Å². The molecular weight excluding hydrogens is 302 g/mol. The second kappa shape index (κ2) is 5.52. The molecule has 20 heavy (non-hydrogen) atoms. The third-order valence-corrected chi connectivity index (χ3v) is 4.81. The highest BCUT2D eigenvalue weighted by Crippen LogP contribution is 2.42. The first-order valence-corrected chi connectivity index (χ1v) is 8.63. The van der Waals surface area contributed by atoms with Crippen molar-refractivity contribution in [2.24, 2.45) is 0 Å². The summed E-state index contributed by atoms with van der Waals surface area (Å²) in [6.07, 6.45) is 0. The minimum absolute atomic E-state index is 0.0425. The van der Waals surface area contributed by atoms with Gasteiger partial charge in [0.1, 0.15) is 5.75 Å². The zero-order valence-electron chi connectivity index (χ0n) is 10.1. The van der Waals surface area contributed by atoms with Crippen molar-refractivity contribution in [2.45, 2.75) is 0 Å². The van der Waals surface area contributed by atoms with Gasteiger partial charge in [0.25, 0.3) is 0 Å². The maximum Gasteiger partial charge on any atom is 0.408 e. The molecule has 2 aromatic carbocycles. The summed E-state index contributed by atoms with van der Waals surface area (Å²) in [5.74, 6) is 0.0425. The molecule has 0 aliphatic carbocycles. The van der Waals surface area contributed by atoms with E-state index in [2.05, 4.69) is 6.07 Å². The van der Waals surface area contributed by atoms with Crippen LogP contribution in [0.1, 0.15) is 0 Å². The Hall–Kier alpha value is -1.42. The monoisotopic (exact) mass is 313 g/mol. The highest BCUT2D eigenvalue weighted by Gasteiger charge is 2.24. The first kappa shape index (κ1) is 15.0. The molecule has 0 aromatic heterocycles. The van der Waals surface area contributed by atoms with E-state index in [1.165, 1.54) is 36.4 Å². The molecular formula is C12H11O6P2. The smallest absolute Gasteiger partial charge is 0.408 e. The van der Waals surface area contributed by atoms with Gasteiger partial charge in [0.05, 0.1) is 10.6 Å². The van der Waals surface area contributed by atoms with Crippen LogP contribution >= 0.6 is 15.2 Å². The summed E-state index contributed by atoms with van der Waals surface area (Å²) in [6.45, 7) is 0. The Morgan fingerprint density at radius 2 is 1.40 bits per heavy atom. The maximum absolute atomic E-state index is 12.0. The van der Waals surface area contributed by atoms with Crippen LogP contribution in [0.5, 0.6) is 5.75 Å². The Morgan fingerprint density at radius 1 is 0.850 bits per heavy atom. The van der Waals surface area contributed by atoms with Gasteiger partial charge < -0.3 is 19.2 Å². The third kappa shape index (κ3) is 3.57. The highest BCUT2D eigenvalue weighted by molar-refractivity contribution is 7.61. The van der Waals surface area contributed by atoms with E-state index in [-0.39, 0.29) is 16.4 Å². The quantitative estimate of drug-likeness (QED) is 0.732. The van der Waals surface area contributed by atoms with E-state index in [9.17, 15) is 14.0 Å². The van der Waals surface area contributed by atoms with Gasteiger partial charge in [0.15, 0.2) is 0 Å². The van der Waals surface area contributed by atoms with Crippen molar-refractivity contribution in [1.29, 1.82) is 0 Å². The zero-order valence-corrected chi connectivity index (χ0v) is 11.9. The summed E-state index contributed by atoms with van der Waals surface area (Å²) in [6, 6.07) is 13.3. The number of hydrogen-bond acceptors (Lipinski definition) is 3. The van der Waals surface area contributed by atoms with Gasteiger partial charge in [-0.25, -0.2) is 4.57 Å². The van der Waals surface area contributed by atoms with Crippen LogP contribution in [-0.4, -0.2) is 14.7 Å². The van der Waals surface area contributed by atoms with Crippen molar-refractivity contribution in [1.82, 2.24) is 0 Å². The lowest BCUT2D eigenvalue weighted by molar-refractivity contribution is 0.387. The van der Waals surface area contributed by atoms with E-state index in [1.807, 2.05) is 0 Å². The van der Waals surface area contributed by atoms with Gasteiger partial charge in [-0.2, -0.15) is 0 Å². The molecule has 0 heterocycles. The third-order valence-electron chi connectivity index (χ3n) is 2.43. The standard InChI is InChI=1S/C12H11O6P2/c13-19(14,15)11-8-6-10(7-9-11)18-20(16,17)12-4-2-1-3-5-12/h2-9H,(H,16,17)(H2,13,14,15). The zero-order chi connectivity index (χ0) is 14.8. The summed E-state index contributed by atoms with van der Waals surface area (Å²) >= 11 is 0. The topological polar surface area (TPSA) is 104 Å². The summed E-state index contributed by atoms with van der Waals surface area (Å²) in [4.78, 5) is 27.7. The van der Waals surface area contributed by atoms with E-state index in [1.54, 1.807) is 0 Å². The van der Waals surface area contributed by atoms with Crippen molar-refractivity contribution >= 4 is 25.8 Å². The Morgan fingerprint density at radius 3 is 1.90 bits per heavy atom. The molecule has 1 atom stereocenters. The van der Waals surface area contributed by atoms with Crippen LogP contribution in [0.15, 0.2) is 48.5 Å². The fraction of sp³-hybridized carbons (Fsp3) is 0. The van der Waals surface area contributed by atoms with Gasteiger partial charge in [-0.05, 0) is 42.5 Å². The number of hydrogen-bond donors (Lipinski definition) is 3. The molecule has 3 N–H and O–H groups in total. The maximum atomic E-state index is 12.0. The molecule has 0 saturated heterocycles. The molecule has 0 aliphatic heterocycles. The van der Waals surface area contributed by atoms with Gasteiger partial charge in [0.2, 0.25) is 0 Å². The molecule has 0 saturated carbocycles. The fourth-order valence-corrected chi connectivity index (χ4v) is 3.04. The molecule has 0 aliphatic rings. The van der Waals surface area contributed by atoms with Gasteiger partial charge in [-0.1, -0.05) is 12.1 Å². The predicted molar refractivity (Wildman–Crippen MR) is 73.5 cm³/mol. The first-order chi connectivity index (χ1) is 9.29. The van der Waals surface area contributed by atoms with Gasteiger partial charge in [-0.3, -0.25) is 4.57 Å². The van der Waals surface area contributed by atoms with Crippen molar-refractivity contribution in [3.05, 3.63) is 54.6 Å². The van der Waals surface area contributed by atoms with Gasteiger partial charge in [-0.15, -0.1) is 0 Å². The lowest BCUT2D eigenvalue weighted by atomic mass is 10.3. The van der Waals surface area contributed by atoms with Crippen molar-refractivity contribution in [3.63, 3.8) is 0 Å². The Kier molecular flexibility index (Phi) is 4.14. The van der Waals surface area contributed by atoms with E-state index in [0.717, 1.165) is 12.1 Å². The largest absolute Gasteiger partial charge is 0.421 e. The first-order valence-electron chi connectivity index (χ1n) is 5.44. The summed E-state index contributed by atoms with van der Waals surface area (Å²) < 4.78 is 28.0. The minimum Gasteiger partial charge on any atom is -0.421 e. The highest BCUT2D eigenvalue weighted by atomic mass is 31.2. The van der Waals surface area contributed by atoms with Crippen LogP contribution in [0, 0.1) is 6.07 Å². The summed E-state index contributed by atoms with van der Waals surface area (Å²) in [5.41, 5.74) is 0. The predicted octanol–water partition coefficient (Wildman–Crippen LogP) is 1.18. The van der Waals surface area contributed by atoms with Crippen molar-refractivity contribution in [2.75, 3.05) is 0 Å². The molecule has 0 fully saturated rings. The number of benzene rings is 2. The Balaban J connectivity index is 2.22. The molecule has 8 heteroatoms. The molecule has 1 unspecified atom stereocenters. The molecule has 0 spiro atoms. The van der Waals surface area contributed by atoms with Crippen LogP contribution in [0.25, 0.3) is 0 Å². The van der Waals surface area contributed by atoms with Gasteiger partial charge >= 0.3 is 15.2 Å². The molecule has 105 valence electrons. The van der Waals surface area contributed by atoms with Crippen LogP contribution in [0.4, 0.5) is 0 Å². The SMILES string of the molecule is O=P(O)(O)c1ccc(OP(=O)(O)c2cc[c]cc2)cc1. The van der Waals surface area contributed by atoms with E-state index >= 15 is 0 Å². The van der Waals surface area contributed by atoms with Crippen LogP contribution < -0.4 is 15.1 Å². The molecule has 2 rings (SSSR count). The van der Waals surface area contributed by atoms with E-state index in [0.29, 0.717) is 0 Å². The molecule has 0 amide bonds. The summed E-state index contributed by atoms with van der Waals surface area (Å²) in [5, 5.41) is -0.0813. The molecule has 0 bridgehead atoms. The fourth-order valence-electron chi connectivity index (χ4n) is 1.46. The van der Waals surface area contributed by atoms with E-state index < -0.39 is 15.2 Å². The van der Waals surface area contributed by atoms with E-state index in [4.69, 9.17) is 14.3 Å². The second-order valence-electron chi connectivity index (χ2n) is 3.91. The van der Waals surface area contributed by atoms with Crippen molar-refractivity contribution < 1.29 is 28.3 Å².